The molecule has 2 aliphatic heterocycles. The number of carbonyl (C=O) groups is 2. The first-order valence-electron chi connectivity index (χ1n) is 22.0. The summed E-state index contributed by atoms with van der Waals surface area (Å²) in [5.41, 5.74) is 11.8. The number of H-pyrrole nitrogens is 2. The zero-order valence-electron chi connectivity index (χ0n) is 39.4. The molecule has 0 radical (unpaired) electrons. The van der Waals surface area contributed by atoms with Crippen molar-refractivity contribution in [1.29, 1.82) is 0 Å². The highest BCUT2D eigenvalue weighted by Gasteiger charge is 2.36. The van der Waals surface area contributed by atoms with Crippen molar-refractivity contribution in [1.82, 2.24) is 19.9 Å². The lowest BCUT2D eigenvalue weighted by Gasteiger charge is -2.17. The van der Waals surface area contributed by atoms with Gasteiger partial charge < -0.3 is 29.5 Å². The Bertz CT molecular complexity index is 2900. The monoisotopic (exact) mass is 956 g/mol. The lowest BCUT2D eigenvalue weighted by molar-refractivity contribution is 0.0974. The summed E-state index contributed by atoms with van der Waals surface area (Å²) in [4.78, 5) is 64.3. The molecule has 6 aromatic rings. The van der Waals surface area contributed by atoms with Crippen molar-refractivity contribution in [3.8, 4) is 22.6 Å². The topological polar surface area (TPSA) is 185 Å². The average Bonchev–Trinajstić information content (AvgIpc) is 3.73. The molecule has 0 saturated heterocycles. The molecule has 0 bridgehead atoms. The van der Waals surface area contributed by atoms with E-state index in [0.717, 1.165) is 72.1 Å². The predicted molar refractivity (Wildman–Crippen MR) is 263 cm³/mol. The van der Waals surface area contributed by atoms with Gasteiger partial charge in [-0.1, -0.05) is 39.8 Å². The fourth-order valence-electron chi connectivity index (χ4n) is 8.14. The van der Waals surface area contributed by atoms with E-state index in [1.165, 1.54) is 6.20 Å². The quantitative estimate of drug-likeness (QED) is 0.0772. The van der Waals surface area contributed by atoms with Crippen molar-refractivity contribution in [2.24, 2.45) is 0 Å². The van der Waals surface area contributed by atoms with E-state index in [2.05, 4.69) is 63.6 Å². The first-order chi connectivity index (χ1) is 31.0. The van der Waals surface area contributed by atoms with E-state index in [4.69, 9.17) is 19.5 Å². The average molecular weight is 958 g/mol. The SMILES string of the molecule is Cc1cc(C)c(CCC(=O)c2cc(Br)c3c(c2)C(C)(C)CO3)c(=O)[nH]1.Cc1ccc(-c2cc(C(=O)CCc3c(C)cc(C)[nH]c3=O)cc3c2OCC3(C)C)cn1.Cc1ccc(B(O)O)cn1. The number of aromatic nitrogens is 4. The minimum Gasteiger partial charge on any atom is -0.492 e. The van der Waals surface area contributed by atoms with Crippen LogP contribution in [0.1, 0.15) is 117 Å². The van der Waals surface area contributed by atoms with Crippen LogP contribution >= 0.6 is 15.9 Å². The van der Waals surface area contributed by atoms with Crippen LogP contribution in [0.15, 0.2) is 87.1 Å². The molecule has 66 heavy (non-hydrogen) atoms. The van der Waals surface area contributed by atoms with Crippen molar-refractivity contribution >= 4 is 40.1 Å². The molecular formula is C52H58BBrN4O8. The molecule has 0 unspecified atom stereocenters. The minimum atomic E-state index is -1.41. The van der Waals surface area contributed by atoms with Gasteiger partial charge in [0.05, 0.1) is 17.7 Å². The lowest BCUT2D eigenvalue weighted by atomic mass is 9.82. The number of carbonyl (C=O) groups excluding carboxylic acids is 2. The number of hydrogen-bond acceptors (Lipinski definition) is 10. The number of nitrogens with zero attached hydrogens (tertiary/aromatic N) is 2. The first-order valence-corrected chi connectivity index (χ1v) is 22.8. The molecule has 12 nitrogen and oxygen atoms in total. The third kappa shape index (κ3) is 11.5. The highest BCUT2D eigenvalue weighted by atomic mass is 79.9. The Labute approximate surface area is 394 Å². The van der Waals surface area contributed by atoms with Crippen molar-refractivity contribution in [2.45, 2.75) is 106 Å². The van der Waals surface area contributed by atoms with Crippen LogP contribution in [0.3, 0.4) is 0 Å². The minimum absolute atomic E-state index is 0.0196. The molecule has 8 rings (SSSR count). The van der Waals surface area contributed by atoms with Crippen LogP contribution in [0.2, 0.25) is 0 Å². The van der Waals surface area contributed by atoms with Gasteiger partial charge in [-0.15, -0.1) is 0 Å². The van der Waals surface area contributed by atoms with Crippen LogP contribution in [0.25, 0.3) is 11.1 Å². The maximum atomic E-state index is 13.2. The Hall–Kier alpha value is -5.96. The van der Waals surface area contributed by atoms with Gasteiger partial charge in [-0.2, -0.15) is 0 Å². The summed E-state index contributed by atoms with van der Waals surface area (Å²) in [5, 5.41) is 17.3. The first kappa shape index (κ1) is 49.5. The molecule has 4 aromatic heterocycles. The van der Waals surface area contributed by atoms with Gasteiger partial charge in [0.2, 0.25) is 0 Å². The normalized spacial score (nSPS) is 13.8. The molecule has 0 fully saturated rings. The van der Waals surface area contributed by atoms with Crippen LogP contribution in [-0.2, 0) is 23.7 Å². The van der Waals surface area contributed by atoms with Gasteiger partial charge >= 0.3 is 7.12 Å². The maximum absolute atomic E-state index is 13.2. The van der Waals surface area contributed by atoms with Crippen molar-refractivity contribution < 1.29 is 29.1 Å². The Kier molecular flexibility index (Phi) is 15.2. The number of pyridine rings is 4. The summed E-state index contributed by atoms with van der Waals surface area (Å²) in [5.74, 6) is 1.71. The van der Waals surface area contributed by atoms with Gasteiger partial charge in [-0.05, 0) is 130 Å². The van der Waals surface area contributed by atoms with Gasteiger partial charge in [0.1, 0.15) is 11.5 Å². The molecule has 344 valence electrons. The van der Waals surface area contributed by atoms with E-state index in [-0.39, 0.29) is 39.9 Å². The number of nitrogens with one attached hydrogen (secondary N) is 2. The number of rotatable bonds is 10. The van der Waals surface area contributed by atoms with Crippen molar-refractivity contribution in [2.75, 3.05) is 13.2 Å². The van der Waals surface area contributed by atoms with Gasteiger partial charge in [0, 0.05) is 109 Å². The summed E-state index contributed by atoms with van der Waals surface area (Å²) >= 11 is 3.51. The van der Waals surface area contributed by atoms with Crippen LogP contribution in [0.5, 0.6) is 11.5 Å². The third-order valence-electron chi connectivity index (χ3n) is 12.0. The molecule has 0 atom stereocenters. The summed E-state index contributed by atoms with van der Waals surface area (Å²) < 4.78 is 12.6. The molecule has 0 spiro atoms. The number of Topliss-reactive ketones (excluding diaryl/α,β-unsaturated/α-hetero) is 2. The number of halogens is 1. The standard InChI is InChI=1S/C26H28N2O3.C20H22BrNO3.C6H8BNO2/c1-15-10-17(3)28-25(30)20(15)8-9-23(29)19-11-21(18-7-6-16(2)27-13-18)24-22(12-19)26(4,5)14-31-24;1-11-7-12(2)22-19(24)14(11)5-6-17(23)13-8-15-18(16(21)9-13)25-10-20(15,3)4;1-5-2-3-6(4-8-5)7(9)10/h6-7,10-13H,8-9,14H2,1-5H3,(H,28,30);7-9H,5-6,10H2,1-4H3,(H,22,24);2-4,9-10H,1H3. The Morgan fingerprint density at radius 2 is 1.14 bits per heavy atom. The number of ketones is 2. The van der Waals surface area contributed by atoms with E-state index in [9.17, 15) is 19.2 Å². The fourth-order valence-corrected chi connectivity index (χ4v) is 8.71. The van der Waals surface area contributed by atoms with Crippen molar-refractivity contribution in [3.63, 3.8) is 0 Å². The zero-order valence-corrected chi connectivity index (χ0v) is 41.0. The summed E-state index contributed by atoms with van der Waals surface area (Å²) in [7, 11) is -1.41. The van der Waals surface area contributed by atoms with E-state index in [1.807, 2.05) is 96.3 Å². The maximum Gasteiger partial charge on any atom is 0.490 e. The number of aromatic amines is 2. The summed E-state index contributed by atoms with van der Waals surface area (Å²) in [6, 6.07) is 18.8. The molecule has 14 heteroatoms. The van der Waals surface area contributed by atoms with Crippen molar-refractivity contribution in [3.05, 3.63) is 166 Å². The second-order valence-electron chi connectivity index (χ2n) is 18.6. The molecule has 2 aromatic carbocycles. The number of benzene rings is 2. The number of fused-ring (bicyclic) bond motifs is 2. The number of aryl methyl sites for hydroxylation is 6. The van der Waals surface area contributed by atoms with E-state index >= 15 is 0 Å². The molecule has 0 amide bonds. The second-order valence-corrected chi connectivity index (χ2v) is 19.5. The van der Waals surface area contributed by atoms with Gasteiger partial charge in [0.25, 0.3) is 11.1 Å². The van der Waals surface area contributed by atoms with E-state index < -0.39 is 7.12 Å². The summed E-state index contributed by atoms with van der Waals surface area (Å²) in [6.07, 6.45) is 4.70. The van der Waals surface area contributed by atoms with Crippen LogP contribution in [0.4, 0.5) is 0 Å². The highest BCUT2D eigenvalue weighted by Crippen LogP contribution is 2.46. The van der Waals surface area contributed by atoms with Gasteiger partial charge in [-0.25, -0.2) is 0 Å². The summed E-state index contributed by atoms with van der Waals surface area (Å²) in [6.45, 7) is 21.0. The molecule has 4 N–H and O–H groups in total. The van der Waals surface area contributed by atoms with Gasteiger partial charge in [-0.3, -0.25) is 29.1 Å². The van der Waals surface area contributed by atoms with Crippen LogP contribution in [-0.4, -0.2) is 61.9 Å². The highest BCUT2D eigenvalue weighted by molar-refractivity contribution is 9.10. The number of ether oxygens (including phenoxy) is 2. The largest absolute Gasteiger partial charge is 0.492 e. The predicted octanol–water partition coefficient (Wildman–Crippen LogP) is 8.16. The molecular weight excluding hydrogens is 899 g/mol. The Balaban J connectivity index is 0.000000183. The molecule has 6 heterocycles. The third-order valence-corrected chi connectivity index (χ3v) is 12.6. The van der Waals surface area contributed by atoms with Crippen LogP contribution < -0.4 is 26.1 Å². The lowest BCUT2D eigenvalue weighted by Crippen LogP contribution is -2.29. The Morgan fingerprint density at radius 3 is 1.59 bits per heavy atom. The molecule has 0 saturated carbocycles. The molecule has 2 aliphatic rings. The molecule has 0 aliphatic carbocycles. The van der Waals surface area contributed by atoms with Gasteiger partial charge in [0.15, 0.2) is 11.6 Å². The zero-order chi connectivity index (χ0) is 48.2. The smallest absolute Gasteiger partial charge is 0.490 e. The van der Waals surface area contributed by atoms with E-state index in [1.54, 1.807) is 12.1 Å². The second kappa shape index (κ2) is 20.3. The number of hydrogen-bond donors (Lipinski definition) is 4. The fraction of sp³-hybridized carbons (Fsp3) is 0.346. The van der Waals surface area contributed by atoms with E-state index in [0.29, 0.717) is 60.2 Å². The Morgan fingerprint density at radius 1 is 0.667 bits per heavy atom. The van der Waals surface area contributed by atoms with Crippen LogP contribution in [0, 0.1) is 41.5 Å².